The molecule has 2 nitrogen and oxygen atoms in total. The standard InChI is InChI=1S/C10H13NOS/c1-4-10(12)7(2)5-9-6-13-8(3)11-9/h4-6,10,12H,1H2,2-3H3/b7-5+/t10-/m0/s1. The molecule has 1 atom stereocenters. The first-order chi connectivity index (χ1) is 6.13. The van der Waals surface area contributed by atoms with Crippen LogP contribution in [0.5, 0.6) is 0 Å². The second kappa shape index (κ2) is 4.35. The van der Waals surface area contributed by atoms with Crippen molar-refractivity contribution >= 4 is 17.4 Å². The van der Waals surface area contributed by atoms with Crippen molar-refractivity contribution in [1.29, 1.82) is 0 Å². The van der Waals surface area contributed by atoms with E-state index < -0.39 is 6.10 Å². The fraction of sp³-hybridized carbons (Fsp3) is 0.300. The minimum Gasteiger partial charge on any atom is -0.385 e. The van der Waals surface area contributed by atoms with Crippen molar-refractivity contribution in [2.75, 3.05) is 0 Å². The molecule has 1 N–H and O–H groups in total. The zero-order chi connectivity index (χ0) is 9.84. The van der Waals surface area contributed by atoms with Crippen LogP contribution in [0, 0.1) is 6.92 Å². The van der Waals surface area contributed by atoms with Crippen LogP contribution in [0.15, 0.2) is 23.6 Å². The van der Waals surface area contributed by atoms with E-state index in [1.54, 1.807) is 11.3 Å². The van der Waals surface area contributed by atoms with Crippen LogP contribution < -0.4 is 0 Å². The monoisotopic (exact) mass is 195 g/mol. The Kier molecular flexibility index (Phi) is 3.39. The molecule has 0 amide bonds. The predicted octanol–water partition coefficient (Wildman–Crippen LogP) is 2.40. The van der Waals surface area contributed by atoms with Gasteiger partial charge in [0.2, 0.25) is 0 Å². The van der Waals surface area contributed by atoms with Gasteiger partial charge in [-0.05, 0) is 25.5 Å². The number of aliphatic hydroxyl groups is 1. The van der Waals surface area contributed by atoms with Crippen LogP contribution >= 0.6 is 11.3 Å². The summed E-state index contributed by atoms with van der Waals surface area (Å²) >= 11 is 1.60. The van der Waals surface area contributed by atoms with E-state index in [2.05, 4.69) is 11.6 Å². The molecule has 0 unspecified atom stereocenters. The van der Waals surface area contributed by atoms with Crippen molar-refractivity contribution in [1.82, 2.24) is 4.98 Å². The SMILES string of the molecule is C=C[C@H](O)/C(C)=C/c1csc(C)n1. The Morgan fingerprint density at radius 1 is 1.77 bits per heavy atom. The highest BCUT2D eigenvalue weighted by Crippen LogP contribution is 2.13. The molecular formula is C10H13NOS. The van der Waals surface area contributed by atoms with E-state index in [0.717, 1.165) is 16.3 Å². The third kappa shape index (κ3) is 2.79. The second-order valence-electron chi connectivity index (χ2n) is 2.86. The largest absolute Gasteiger partial charge is 0.385 e. The molecule has 70 valence electrons. The van der Waals surface area contributed by atoms with Gasteiger partial charge in [0.25, 0.3) is 0 Å². The third-order valence-electron chi connectivity index (χ3n) is 1.70. The molecule has 1 rings (SSSR count). The van der Waals surface area contributed by atoms with Gasteiger partial charge in [0.05, 0.1) is 16.8 Å². The minimum absolute atomic E-state index is 0.568. The van der Waals surface area contributed by atoms with Gasteiger partial charge in [-0.15, -0.1) is 17.9 Å². The van der Waals surface area contributed by atoms with Gasteiger partial charge < -0.3 is 5.11 Å². The number of thiazole rings is 1. The fourth-order valence-corrected chi connectivity index (χ4v) is 1.52. The lowest BCUT2D eigenvalue weighted by atomic mass is 10.1. The van der Waals surface area contributed by atoms with Crippen molar-refractivity contribution in [3.05, 3.63) is 34.3 Å². The molecule has 1 aromatic heterocycles. The summed E-state index contributed by atoms with van der Waals surface area (Å²) in [5.41, 5.74) is 1.77. The van der Waals surface area contributed by atoms with Crippen molar-refractivity contribution in [3.63, 3.8) is 0 Å². The number of aryl methyl sites for hydroxylation is 1. The molecule has 0 saturated carbocycles. The summed E-state index contributed by atoms with van der Waals surface area (Å²) in [7, 11) is 0. The van der Waals surface area contributed by atoms with E-state index in [1.807, 2.05) is 25.3 Å². The van der Waals surface area contributed by atoms with E-state index >= 15 is 0 Å². The maximum absolute atomic E-state index is 9.38. The number of hydrogen-bond acceptors (Lipinski definition) is 3. The van der Waals surface area contributed by atoms with Crippen molar-refractivity contribution in [3.8, 4) is 0 Å². The first kappa shape index (κ1) is 10.2. The Bertz CT molecular complexity index is 327. The smallest absolute Gasteiger partial charge is 0.0930 e. The number of hydrogen-bond donors (Lipinski definition) is 1. The second-order valence-corrected chi connectivity index (χ2v) is 3.92. The van der Waals surface area contributed by atoms with Crippen LogP contribution in [0.4, 0.5) is 0 Å². The zero-order valence-corrected chi connectivity index (χ0v) is 8.64. The molecule has 0 fully saturated rings. The van der Waals surface area contributed by atoms with Gasteiger partial charge in [-0.2, -0.15) is 0 Å². The highest BCUT2D eigenvalue weighted by atomic mass is 32.1. The molecule has 0 spiro atoms. The van der Waals surface area contributed by atoms with Crippen LogP contribution in [-0.2, 0) is 0 Å². The maximum Gasteiger partial charge on any atom is 0.0930 e. The van der Waals surface area contributed by atoms with E-state index in [4.69, 9.17) is 0 Å². The van der Waals surface area contributed by atoms with Gasteiger partial charge in [0.15, 0.2) is 0 Å². The maximum atomic E-state index is 9.38. The summed E-state index contributed by atoms with van der Waals surface area (Å²) in [4.78, 5) is 4.26. The number of aromatic nitrogens is 1. The summed E-state index contributed by atoms with van der Waals surface area (Å²) in [6, 6.07) is 0. The number of nitrogens with zero attached hydrogens (tertiary/aromatic N) is 1. The quantitative estimate of drug-likeness (QED) is 0.751. The highest BCUT2D eigenvalue weighted by Gasteiger charge is 2.01. The topological polar surface area (TPSA) is 33.1 Å². The first-order valence-corrected chi connectivity index (χ1v) is 4.92. The molecule has 0 aliphatic carbocycles. The highest BCUT2D eigenvalue weighted by molar-refractivity contribution is 7.09. The van der Waals surface area contributed by atoms with Gasteiger partial charge in [-0.25, -0.2) is 4.98 Å². The van der Waals surface area contributed by atoms with E-state index in [-0.39, 0.29) is 0 Å². The normalized spacial score (nSPS) is 14.2. The third-order valence-corrected chi connectivity index (χ3v) is 2.49. The van der Waals surface area contributed by atoms with Gasteiger partial charge in [-0.1, -0.05) is 6.08 Å². The lowest BCUT2D eigenvalue weighted by Crippen LogP contribution is -2.02. The molecule has 0 aliphatic rings. The van der Waals surface area contributed by atoms with E-state index in [1.165, 1.54) is 6.08 Å². The van der Waals surface area contributed by atoms with Crippen LogP contribution in [0.3, 0.4) is 0 Å². The van der Waals surface area contributed by atoms with Gasteiger partial charge in [0.1, 0.15) is 0 Å². The van der Waals surface area contributed by atoms with Crippen LogP contribution in [-0.4, -0.2) is 16.2 Å². The molecule has 1 heterocycles. The van der Waals surface area contributed by atoms with Crippen molar-refractivity contribution < 1.29 is 5.11 Å². The fourth-order valence-electron chi connectivity index (χ4n) is 0.951. The van der Waals surface area contributed by atoms with Gasteiger partial charge in [0, 0.05) is 5.38 Å². The molecule has 13 heavy (non-hydrogen) atoms. The van der Waals surface area contributed by atoms with E-state index in [0.29, 0.717) is 0 Å². The molecule has 0 radical (unpaired) electrons. The molecule has 3 heteroatoms. The Morgan fingerprint density at radius 3 is 2.92 bits per heavy atom. The van der Waals surface area contributed by atoms with Crippen LogP contribution in [0.2, 0.25) is 0 Å². The van der Waals surface area contributed by atoms with Crippen molar-refractivity contribution in [2.45, 2.75) is 20.0 Å². The molecule has 1 aromatic rings. The van der Waals surface area contributed by atoms with Gasteiger partial charge >= 0.3 is 0 Å². The van der Waals surface area contributed by atoms with Crippen LogP contribution in [0.25, 0.3) is 6.08 Å². The van der Waals surface area contributed by atoms with Crippen LogP contribution in [0.1, 0.15) is 17.6 Å². The minimum atomic E-state index is -0.568. The van der Waals surface area contributed by atoms with Crippen molar-refractivity contribution in [2.24, 2.45) is 0 Å². The number of aliphatic hydroxyl groups excluding tert-OH is 1. The lowest BCUT2D eigenvalue weighted by molar-refractivity contribution is 0.261. The summed E-state index contributed by atoms with van der Waals surface area (Å²) in [5.74, 6) is 0. The Balaban J connectivity index is 2.81. The Hall–Kier alpha value is -0.930. The summed E-state index contributed by atoms with van der Waals surface area (Å²) < 4.78 is 0. The average molecular weight is 195 g/mol. The number of rotatable bonds is 3. The molecule has 0 aliphatic heterocycles. The zero-order valence-electron chi connectivity index (χ0n) is 7.82. The Morgan fingerprint density at radius 2 is 2.46 bits per heavy atom. The summed E-state index contributed by atoms with van der Waals surface area (Å²) in [6.45, 7) is 7.34. The predicted molar refractivity (Wildman–Crippen MR) is 56.7 cm³/mol. The average Bonchev–Trinajstić information content (AvgIpc) is 2.49. The van der Waals surface area contributed by atoms with Gasteiger partial charge in [-0.3, -0.25) is 0 Å². The molecule has 0 saturated heterocycles. The molecule has 0 bridgehead atoms. The van der Waals surface area contributed by atoms with E-state index in [9.17, 15) is 5.11 Å². The summed E-state index contributed by atoms with van der Waals surface area (Å²) in [6.07, 6.45) is 2.81. The Labute approximate surface area is 82.3 Å². The first-order valence-electron chi connectivity index (χ1n) is 4.04. The lowest BCUT2D eigenvalue weighted by Gasteiger charge is -2.03. The molecule has 0 aromatic carbocycles. The molecular weight excluding hydrogens is 182 g/mol. The summed E-state index contributed by atoms with van der Waals surface area (Å²) in [5, 5.41) is 12.4.